The van der Waals surface area contributed by atoms with Gasteiger partial charge in [-0.15, -0.1) is 0 Å². The Morgan fingerprint density at radius 1 is 1.25 bits per heavy atom. The number of nitrogens with two attached hydrogens (primary N) is 1. The van der Waals surface area contributed by atoms with Crippen molar-refractivity contribution in [3.8, 4) is 0 Å². The Hall–Kier alpha value is -1.70. The van der Waals surface area contributed by atoms with Gasteiger partial charge in [0.05, 0.1) is 6.20 Å². The molecule has 0 aliphatic rings. The van der Waals surface area contributed by atoms with Crippen LogP contribution < -0.4 is 10.5 Å². The van der Waals surface area contributed by atoms with Gasteiger partial charge in [-0.05, 0) is 24.1 Å². The summed E-state index contributed by atoms with van der Waals surface area (Å²) in [4.78, 5) is 0.166. The molecule has 0 unspecified atom stereocenters. The fourth-order valence-corrected chi connectivity index (χ4v) is 2.79. The van der Waals surface area contributed by atoms with Crippen LogP contribution in [0.4, 0.5) is 0 Å². The summed E-state index contributed by atoms with van der Waals surface area (Å²) in [5, 5.41) is 3.86. The number of rotatable bonds is 6. The fraction of sp³-hybridized carbons (Fsp3) is 0.308. The molecule has 3 N–H and O–H groups in total. The Morgan fingerprint density at radius 3 is 2.45 bits per heavy atom. The molecule has 7 heteroatoms. The average Bonchev–Trinajstić information content (AvgIpc) is 2.86. The van der Waals surface area contributed by atoms with Gasteiger partial charge in [0.1, 0.15) is 4.90 Å². The first-order valence-corrected chi connectivity index (χ1v) is 7.76. The van der Waals surface area contributed by atoms with E-state index in [0.717, 1.165) is 17.5 Å². The van der Waals surface area contributed by atoms with E-state index in [-0.39, 0.29) is 11.4 Å². The van der Waals surface area contributed by atoms with Gasteiger partial charge in [0.15, 0.2) is 0 Å². The van der Waals surface area contributed by atoms with E-state index in [1.54, 1.807) is 7.05 Å². The first-order valence-electron chi connectivity index (χ1n) is 6.27. The molecule has 0 saturated heterocycles. The quantitative estimate of drug-likeness (QED) is 0.807. The maximum atomic E-state index is 12.0. The third kappa shape index (κ3) is 3.66. The van der Waals surface area contributed by atoms with Crippen molar-refractivity contribution in [2.75, 3.05) is 6.54 Å². The summed E-state index contributed by atoms with van der Waals surface area (Å²) in [6.07, 6.45) is 3.61. The van der Waals surface area contributed by atoms with Crippen LogP contribution in [0.1, 0.15) is 11.1 Å². The third-order valence-electron chi connectivity index (χ3n) is 2.91. The molecule has 0 aliphatic carbocycles. The first kappa shape index (κ1) is 14.7. The van der Waals surface area contributed by atoms with Gasteiger partial charge in [0.25, 0.3) is 0 Å². The van der Waals surface area contributed by atoms with Crippen LogP contribution in [0, 0.1) is 0 Å². The number of benzene rings is 1. The molecule has 2 aromatic rings. The van der Waals surface area contributed by atoms with Gasteiger partial charge in [0.2, 0.25) is 10.0 Å². The number of hydrogen-bond donors (Lipinski definition) is 2. The molecule has 1 aromatic carbocycles. The lowest BCUT2D eigenvalue weighted by Gasteiger charge is -2.06. The van der Waals surface area contributed by atoms with Crippen LogP contribution in [0.25, 0.3) is 0 Å². The zero-order valence-electron chi connectivity index (χ0n) is 11.3. The van der Waals surface area contributed by atoms with Crippen molar-refractivity contribution >= 4 is 10.0 Å². The largest absolute Gasteiger partial charge is 0.330 e. The van der Waals surface area contributed by atoms with Crippen molar-refractivity contribution < 1.29 is 8.42 Å². The highest BCUT2D eigenvalue weighted by atomic mass is 32.2. The maximum Gasteiger partial charge on any atom is 0.243 e. The van der Waals surface area contributed by atoms with E-state index in [1.807, 2.05) is 24.3 Å². The predicted molar refractivity (Wildman–Crippen MR) is 76.4 cm³/mol. The summed E-state index contributed by atoms with van der Waals surface area (Å²) >= 11 is 0. The van der Waals surface area contributed by atoms with Gasteiger partial charge < -0.3 is 5.73 Å². The van der Waals surface area contributed by atoms with Crippen LogP contribution in [0.5, 0.6) is 0 Å². The Kier molecular flexibility index (Phi) is 4.53. The number of hydrogen-bond acceptors (Lipinski definition) is 4. The van der Waals surface area contributed by atoms with Gasteiger partial charge in [0, 0.05) is 19.8 Å². The number of aryl methyl sites for hydroxylation is 1. The van der Waals surface area contributed by atoms with E-state index in [9.17, 15) is 8.42 Å². The minimum absolute atomic E-state index is 0.166. The topological polar surface area (TPSA) is 90.0 Å². The van der Waals surface area contributed by atoms with Crippen LogP contribution in [-0.4, -0.2) is 24.7 Å². The van der Waals surface area contributed by atoms with E-state index in [2.05, 4.69) is 9.82 Å². The van der Waals surface area contributed by atoms with Crippen molar-refractivity contribution in [2.45, 2.75) is 17.9 Å². The molecular formula is C13H18N4O2S. The summed E-state index contributed by atoms with van der Waals surface area (Å²) in [6, 6.07) is 7.72. The SMILES string of the molecule is Cn1cc(S(=O)(=O)NCc2ccc(CCN)cc2)cn1. The summed E-state index contributed by atoms with van der Waals surface area (Å²) in [6.45, 7) is 0.854. The Bertz CT molecular complexity index is 662. The lowest BCUT2D eigenvalue weighted by atomic mass is 10.1. The predicted octanol–water partition coefficient (Wildman–Crippen LogP) is 0.400. The molecule has 0 bridgehead atoms. The second-order valence-corrected chi connectivity index (χ2v) is 6.30. The molecule has 0 aliphatic heterocycles. The van der Waals surface area contributed by atoms with Crippen LogP contribution in [0.15, 0.2) is 41.6 Å². The molecule has 1 aromatic heterocycles. The van der Waals surface area contributed by atoms with Crippen molar-refractivity contribution in [1.82, 2.24) is 14.5 Å². The van der Waals surface area contributed by atoms with E-state index in [1.165, 1.54) is 17.1 Å². The molecule has 0 radical (unpaired) electrons. The van der Waals surface area contributed by atoms with E-state index >= 15 is 0 Å². The molecule has 20 heavy (non-hydrogen) atoms. The second-order valence-electron chi connectivity index (χ2n) is 4.53. The highest BCUT2D eigenvalue weighted by Crippen LogP contribution is 2.09. The highest BCUT2D eigenvalue weighted by molar-refractivity contribution is 7.89. The summed E-state index contributed by atoms with van der Waals surface area (Å²) < 4.78 is 28.0. The van der Waals surface area contributed by atoms with E-state index in [4.69, 9.17) is 5.73 Å². The molecule has 6 nitrogen and oxygen atoms in total. The highest BCUT2D eigenvalue weighted by Gasteiger charge is 2.15. The van der Waals surface area contributed by atoms with Crippen molar-refractivity contribution in [3.63, 3.8) is 0 Å². The Balaban J connectivity index is 2.01. The molecule has 0 fully saturated rings. The minimum Gasteiger partial charge on any atom is -0.330 e. The number of nitrogens with zero attached hydrogens (tertiary/aromatic N) is 2. The van der Waals surface area contributed by atoms with Crippen LogP contribution in [-0.2, 0) is 30.0 Å². The molecule has 1 heterocycles. The van der Waals surface area contributed by atoms with Crippen molar-refractivity contribution in [3.05, 3.63) is 47.8 Å². The average molecular weight is 294 g/mol. The van der Waals surface area contributed by atoms with Gasteiger partial charge in [-0.2, -0.15) is 5.10 Å². The fourth-order valence-electron chi connectivity index (χ4n) is 1.79. The van der Waals surface area contributed by atoms with Crippen molar-refractivity contribution in [2.24, 2.45) is 12.8 Å². The zero-order chi connectivity index (χ0) is 14.6. The van der Waals surface area contributed by atoms with E-state index < -0.39 is 10.0 Å². The van der Waals surface area contributed by atoms with Crippen LogP contribution in [0.3, 0.4) is 0 Å². The summed E-state index contributed by atoms with van der Waals surface area (Å²) in [5.41, 5.74) is 7.53. The monoisotopic (exact) mass is 294 g/mol. The zero-order valence-corrected chi connectivity index (χ0v) is 12.1. The Morgan fingerprint density at radius 2 is 1.90 bits per heavy atom. The normalized spacial score (nSPS) is 11.7. The molecule has 0 saturated carbocycles. The maximum absolute atomic E-state index is 12.0. The van der Waals surface area contributed by atoms with Gasteiger partial charge in [-0.25, -0.2) is 13.1 Å². The third-order valence-corrected chi connectivity index (χ3v) is 4.27. The van der Waals surface area contributed by atoms with Gasteiger partial charge >= 0.3 is 0 Å². The Labute approximate surface area is 118 Å². The smallest absolute Gasteiger partial charge is 0.243 e. The molecule has 0 atom stereocenters. The lowest BCUT2D eigenvalue weighted by molar-refractivity contribution is 0.581. The van der Waals surface area contributed by atoms with Gasteiger partial charge in [-0.1, -0.05) is 24.3 Å². The second kappa shape index (κ2) is 6.17. The minimum atomic E-state index is -3.51. The number of sulfonamides is 1. The first-order chi connectivity index (χ1) is 9.51. The standard InChI is InChI=1S/C13H18N4O2S/c1-17-10-13(9-15-17)20(18,19)16-8-12-4-2-11(3-5-12)6-7-14/h2-5,9-10,16H,6-8,14H2,1H3. The molecule has 0 spiro atoms. The van der Waals surface area contributed by atoms with Gasteiger partial charge in [-0.3, -0.25) is 4.68 Å². The lowest BCUT2D eigenvalue weighted by Crippen LogP contribution is -2.22. The molecule has 2 rings (SSSR count). The van der Waals surface area contributed by atoms with E-state index in [0.29, 0.717) is 6.54 Å². The number of nitrogens with one attached hydrogen (secondary N) is 1. The van der Waals surface area contributed by atoms with Crippen LogP contribution in [0.2, 0.25) is 0 Å². The van der Waals surface area contributed by atoms with Crippen molar-refractivity contribution in [1.29, 1.82) is 0 Å². The molecule has 108 valence electrons. The summed E-state index contributed by atoms with van der Waals surface area (Å²) in [7, 11) is -1.84. The molecule has 0 amide bonds. The molecular weight excluding hydrogens is 276 g/mol. The summed E-state index contributed by atoms with van der Waals surface area (Å²) in [5.74, 6) is 0. The van der Waals surface area contributed by atoms with Crippen LogP contribution >= 0.6 is 0 Å². The number of aromatic nitrogens is 2.